The number of para-hydroxylation sites is 1. The Morgan fingerprint density at radius 3 is 2.41 bits per heavy atom. The van der Waals surface area contributed by atoms with Gasteiger partial charge in [-0.25, -0.2) is 4.79 Å². The molecule has 3 N–H and O–H groups in total. The molecule has 0 atom stereocenters. The first-order valence-electron chi connectivity index (χ1n) is 11.8. The molecule has 0 radical (unpaired) electrons. The van der Waals surface area contributed by atoms with Gasteiger partial charge < -0.3 is 25.3 Å². The van der Waals surface area contributed by atoms with E-state index >= 15 is 0 Å². The van der Waals surface area contributed by atoms with Crippen LogP contribution in [-0.2, 0) is 17.7 Å². The third-order valence-corrected chi connectivity index (χ3v) is 5.48. The molecule has 3 rings (SSSR count). The van der Waals surface area contributed by atoms with E-state index in [-0.39, 0.29) is 5.91 Å². The van der Waals surface area contributed by atoms with E-state index in [2.05, 4.69) is 39.7 Å². The summed E-state index contributed by atoms with van der Waals surface area (Å²) in [5.74, 6) is -0.0490. The van der Waals surface area contributed by atoms with Crippen LogP contribution in [0, 0.1) is 0 Å². The topological polar surface area (TPSA) is 86.5 Å². The second-order valence-electron chi connectivity index (χ2n) is 9.58. The Hall–Kier alpha value is -3.32. The van der Waals surface area contributed by atoms with E-state index < -0.39 is 11.7 Å². The summed E-state index contributed by atoms with van der Waals surface area (Å²) in [7, 11) is 2.07. The molecule has 0 aliphatic heterocycles. The van der Waals surface area contributed by atoms with Crippen LogP contribution in [0.5, 0.6) is 0 Å². The molecule has 0 bridgehead atoms. The van der Waals surface area contributed by atoms with E-state index in [0.29, 0.717) is 18.7 Å². The van der Waals surface area contributed by atoms with E-state index in [1.54, 1.807) is 6.20 Å². The van der Waals surface area contributed by atoms with Crippen LogP contribution in [0.15, 0.2) is 54.7 Å². The van der Waals surface area contributed by atoms with Gasteiger partial charge in [0.15, 0.2) is 0 Å². The fraction of sp³-hybridized carbons (Fsp3) is 0.407. The number of alkyl carbamates (subject to hydrolysis) is 1. The zero-order valence-electron chi connectivity index (χ0n) is 20.6. The van der Waals surface area contributed by atoms with Gasteiger partial charge in [0.05, 0.1) is 5.56 Å². The smallest absolute Gasteiger partial charge is 0.407 e. The van der Waals surface area contributed by atoms with Crippen LogP contribution in [-0.4, -0.2) is 54.2 Å². The van der Waals surface area contributed by atoms with Crippen molar-refractivity contribution in [2.75, 3.05) is 26.7 Å². The third-order valence-electron chi connectivity index (χ3n) is 5.48. The number of carbonyl (C=O) groups is 2. The molecular weight excluding hydrogens is 428 g/mol. The molecule has 0 aliphatic rings. The van der Waals surface area contributed by atoms with Gasteiger partial charge in [-0.15, -0.1) is 0 Å². The van der Waals surface area contributed by atoms with Gasteiger partial charge in [0.25, 0.3) is 5.91 Å². The number of hydrogen-bond acceptors (Lipinski definition) is 4. The van der Waals surface area contributed by atoms with Crippen LogP contribution in [0.1, 0.15) is 48.7 Å². The van der Waals surface area contributed by atoms with Crippen LogP contribution in [0.25, 0.3) is 10.9 Å². The highest BCUT2D eigenvalue weighted by Crippen LogP contribution is 2.17. The Kier molecular flexibility index (Phi) is 8.71. The van der Waals surface area contributed by atoms with Gasteiger partial charge in [0.1, 0.15) is 5.60 Å². The summed E-state index contributed by atoms with van der Waals surface area (Å²) in [6.45, 7) is 8.34. The average molecular weight is 465 g/mol. The van der Waals surface area contributed by atoms with E-state index in [1.807, 2.05) is 57.2 Å². The minimum Gasteiger partial charge on any atom is -0.444 e. The summed E-state index contributed by atoms with van der Waals surface area (Å²) >= 11 is 0. The van der Waals surface area contributed by atoms with Gasteiger partial charge in [-0.1, -0.05) is 42.5 Å². The number of carbonyl (C=O) groups excluding carboxylic acids is 2. The molecule has 0 spiro atoms. The summed E-state index contributed by atoms with van der Waals surface area (Å²) in [4.78, 5) is 29.6. The number of fused-ring (bicyclic) bond motifs is 1. The fourth-order valence-corrected chi connectivity index (χ4v) is 3.69. The second kappa shape index (κ2) is 11.7. The molecule has 0 saturated heterocycles. The molecule has 3 aromatic rings. The number of hydrogen-bond donors (Lipinski definition) is 3. The minimum atomic E-state index is -0.496. The summed E-state index contributed by atoms with van der Waals surface area (Å²) in [5, 5.41) is 6.74. The normalized spacial score (nSPS) is 11.6. The molecule has 34 heavy (non-hydrogen) atoms. The van der Waals surface area contributed by atoms with E-state index in [1.165, 1.54) is 5.56 Å². The first-order valence-corrected chi connectivity index (χ1v) is 11.8. The highest BCUT2D eigenvalue weighted by atomic mass is 16.6. The quantitative estimate of drug-likeness (QED) is 0.413. The van der Waals surface area contributed by atoms with Crippen LogP contribution in [0.4, 0.5) is 4.79 Å². The minimum absolute atomic E-state index is 0.0490. The molecule has 0 aliphatic carbocycles. The Morgan fingerprint density at radius 2 is 1.68 bits per heavy atom. The Bertz CT molecular complexity index is 1080. The maximum atomic E-state index is 12.5. The largest absolute Gasteiger partial charge is 0.444 e. The van der Waals surface area contributed by atoms with Crippen molar-refractivity contribution in [3.05, 3.63) is 71.4 Å². The van der Waals surface area contributed by atoms with Crippen molar-refractivity contribution in [3.8, 4) is 0 Å². The van der Waals surface area contributed by atoms with Gasteiger partial charge in [-0.3, -0.25) is 4.79 Å². The molecule has 2 aromatic carbocycles. The van der Waals surface area contributed by atoms with Gasteiger partial charge >= 0.3 is 6.09 Å². The summed E-state index contributed by atoms with van der Waals surface area (Å²) < 4.78 is 5.26. The first kappa shape index (κ1) is 25.3. The lowest BCUT2D eigenvalue weighted by Gasteiger charge is -2.19. The maximum Gasteiger partial charge on any atom is 0.407 e. The average Bonchev–Trinajstić information content (AvgIpc) is 3.22. The van der Waals surface area contributed by atoms with Gasteiger partial charge in [0.2, 0.25) is 0 Å². The van der Waals surface area contributed by atoms with E-state index in [0.717, 1.165) is 42.4 Å². The van der Waals surface area contributed by atoms with Gasteiger partial charge in [-0.2, -0.15) is 0 Å². The van der Waals surface area contributed by atoms with Crippen molar-refractivity contribution in [2.45, 2.75) is 45.8 Å². The zero-order valence-corrected chi connectivity index (χ0v) is 20.6. The molecule has 7 nitrogen and oxygen atoms in total. The maximum absolute atomic E-state index is 12.5. The highest BCUT2D eigenvalue weighted by Gasteiger charge is 2.15. The fourth-order valence-electron chi connectivity index (χ4n) is 3.69. The number of H-pyrrole nitrogens is 1. The van der Waals surface area contributed by atoms with Gasteiger partial charge in [-0.05, 0) is 64.4 Å². The molecule has 0 fully saturated rings. The van der Waals surface area contributed by atoms with Crippen molar-refractivity contribution in [1.82, 2.24) is 20.5 Å². The molecule has 7 heteroatoms. The van der Waals surface area contributed by atoms with Crippen molar-refractivity contribution in [2.24, 2.45) is 0 Å². The number of likely N-dealkylation sites (N-methyl/N-ethyl adjacent to an activating group) is 1. The number of aromatic nitrogens is 1. The van der Waals surface area contributed by atoms with Crippen molar-refractivity contribution in [3.63, 3.8) is 0 Å². The number of ether oxygens (including phenoxy) is 1. The van der Waals surface area contributed by atoms with Crippen LogP contribution in [0.3, 0.4) is 0 Å². The number of amides is 2. The highest BCUT2D eigenvalue weighted by molar-refractivity contribution is 6.06. The third kappa shape index (κ3) is 7.92. The lowest BCUT2D eigenvalue weighted by Crippen LogP contribution is -2.33. The predicted octanol–water partition coefficient (Wildman–Crippen LogP) is 4.49. The van der Waals surface area contributed by atoms with Crippen LogP contribution in [0.2, 0.25) is 0 Å². The summed E-state index contributed by atoms with van der Waals surface area (Å²) in [5.41, 5.74) is 3.46. The lowest BCUT2D eigenvalue weighted by atomic mass is 10.1. The number of aromatic amines is 1. The number of nitrogens with one attached hydrogen (secondary N) is 3. The van der Waals surface area contributed by atoms with Gasteiger partial charge in [0, 0.05) is 36.7 Å². The SMILES string of the molecule is CN(CCCc1ccc(CNC(=O)OC(C)(C)C)cc1)CCNC(=O)c1c[nH]c2ccccc12. The van der Waals surface area contributed by atoms with Crippen LogP contribution < -0.4 is 10.6 Å². The monoisotopic (exact) mass is 464 g/mol. The number of nitrogens with zero attached hydrogens (tertiary/aromatic N) is 1. The molecule has 0 saturated carbocycles. The van der Waals surface area contributed by atoms with E-state index in [4.69, 9.17) is 4.74 Å². The van der Waals surface area contributed by atoms with Crippen molar-refractivity contribution >= 4 is 22.9 Å². The van der Waals surface area contributed by atoms with Crippen molar-refractivity contribution in [1.29, 1.82) is 0 Å². The van der Waals surface area contributed by atoms with Crippen molar-refractivity contribution < 1.29 is 14.3 Å². The molecule has 182 valence electrons. The molecular formula is C27H36N4O3. The zero-order chi connectivity index (χ0) is 24.6. The Labute approximate surface area is 201 Å². The number of aryl methyl sites for hydroxylation is 1. The Morgan fingerprint density at radius 1 is 0.971 bits per heavy atom. The Balaban J connectivity index is 1.32. The van der Waals surface area contributed by atoms with E-state index in [9.17, 15) is 9.59 Å². The molecule has 0 unspecified atom stereocenters. The molecule has 1 heterocycles. The summed E-state index contributed by atoms with van der Waals surface area (Å²) in [6.07, 6.45) is 3.37. The molecule has 2 amide bonds. The molecule has 1 aromatic heterocycles. The predicted molar refractivity (Wildman–Crippen MR) is 136 cm³/mol. The second-order valence-corrected chi connectivity index (χ2v) is 9.58. The number of benzene rings is 2. The van der Waals surface area contributed by atoms with Crippen LogP contribution >= 0.6 is 0 Å². The lowest BCUT2D eigenvalue weighted by molar-refractivity contribution is 0.0523. The first-order chi connectivity index (χ1) is 16.2. The summed E-state index contributed by atoms with van der Waals surface area (Å²) in [6, 6.07) is 16.1. The number of rotatable bonds is 10. The standard InChI is InChI=1S/C27H36N4O3/c1-27(2,3)34-26(33)30-18-21-13-11-20(12-14-21)8-7-16-31(4)17-15-28-25(32)23-19-29-24-10-6-5-9-22(23)24/h5-6,9-14,19,29H,7-8,15-18H2,1-4H3,(H,28,32)(H,30,33).